The van der Waals surface area contributed by atoms with Gasteiger partial charge in [-0.15, -0.1) is 0 Å². The van der Waals surface area contributed by atoms with E-state index >= 15 is 0 Å². The summed E-state index contributed by atoms with van der Waals surface area (Å²) < 4.78 is 7.88. The molecule has 8 nitrogen and oxygen atoms in total. The highest BCUT2D eigenvalue weighted by atomic mass is 16.8. The normalized spacial score (nSPS) is 28.2. The van der Waals surface area contributed by atoms with E-state index in [0.29, 0.717) is 0 Å². The van der Waals surface area contributed by atoms with E-state index in [1.165, 1.54) is 0 Å². The van der Waals surface area contributed by atoms with Crippen LogP contribution in [0.4, 0.5) is 0 Å². The van der Waals surface area contributed by atoms with Crippen molar-refractivity contribution in [3.05, 3.63) is 0 Å². The SMILES string of the molecule is O=C1O[B-](O)(O)O[C@H]1[C@@H](O)C(=O)O.[H+]. The van der Waals surface area contributed by atoms with Gasteiger partial charge in [-0.3, -0.25) is 4.79 Å². The molecule has 0 aromatic carbocycles. The Balaban J connectivity index is 0.00000169. The van der Waals surface area contributed by atoms with E-state index in [-0.39, 0.29) is 1.43 Å². The Hall–Kier alpha value is -1.16. The summed E-state index contributed by atoms with van der Waals surface area (Å²) in [5.74, 6) is -3.06. The molecule has 0 aliphatic carbocycles. The van der Waals surface area contributed by atoms with Crippen LogP contribution in [-0.4, -0.2) is 51.4 Å². The molecule has 0 unspecified atom stereocenters. The first-order valence-electron chi connectivity index (χ1n) is 3.23. The van der Waals surface area contributed by atoms with Crippen LogP contribution in [0.5, 0.6) is 0 Å². The Morgan fingerprint density at radius 1 is 1.62 bits per heavy atom. The average Bonchev–Trinajstić information content (AvgIpc) is 2.22. The minimum atomic E-state index is -3.79. The van der Waals surface area contributed by atoms with E-state index in [0.717, 1.165) is 0 Å². The van der Waals surface area contributed by atoms with Gasteiger partial charge < -0.3 is 29.6 Å². The zero-order valence-corrected chi connectivity index (χ0v) is 6.15. The van der Waals surface area contributed by atoms with E-state index in [2.05, 4.69) is 9.31 Å². The lowest BCUT2D eigenvalue weighted by Crippen LogP contribution is -2.41. The lowest BCUT2D eigenvalue weighted by Gasteiger charge is -2.19. The van der Waals surface area contributed by atoms with Crippen LogP contribution < -0.4 is 0 Å². The summed E-state index contributed by atoms with van der Waals surface area (Å²) in [6, 6.07) is 0. The Morgan fingerprint density at radius 2 is 2.15 bits per heavy atom. The van der Waals surface area contributed by atoms with E-state index in [9.17, 15) is 9.59 Å². The van der Waals surface area contributed by atoms with Gasteiger partial charge in [0.15, 0.2) is 12.2 Å². The molecule has 1 heterocycles. The fourth-order valence-corrected chi connectivity index (χ4v) is 0.826. The van der Waals surface area contributed by atoms with E-state index in [1.807, 2.05) is 0 Å². The molecule has 9 heteroatoms. The molecule has 0 saturated carbocycles. The number of aliphatic hydroxyl groups is 1. The van der Waals surface area contributed by atoms with Crippen LogP contribution >= 0.6 is 0 Å². The van der Waals surface area contributed by atoms with Crippen molar-refractivity contribution in [3.8, 4) is 0 Å². The number of aliphatic carboxylic acids is 1. The first kappa shape index (κ1) is 9.93. The summed E-state index contributed by atoms with van der Waals surface area (Å²) in [5.41, 5.74) is 0. The van der Waals surface area contributed by atoms with Gasteiger partial charge >= 0.3 is 14.4 Å². The zero-order chi connectivity index (χ0) is 10.2. The van der Waals surface area contributed by atoms with Gasteiger partial charge in [-0.25, -0.2) is 4.79 Å². The molecule has 0 bridgehead atoms. The van der Waals surface area contributed by atoms with Crippen molar-refractivity contribution in [2.24, 2.45) is 0 Å². The summed E-state index contributed by atoms with van der Waals surface area (Å²) in [5, 5.41) is 34.3. The predicted molar refractivity (Wildman–Crippen MR) is 35.9 cm³/mol. The van der Waals surface area contributed by atoms with E-state index < -0.39 is 31.1 Å². The highest BCUT2D eigenvalue weighted by Crippen LogP contribution is 2.18. The summed E-state index contributed by atoms with van der Waals surface area (Å²) in [7, 11) is 0. The second-order valence-corrected chi connectivity index (χ2v) is 2.41. The standard InChI is InChI=1S/C4H6BO8/c6-1(3(7)8)2-4(9)13-5(10,11)12-2/h1-2,6,10-11H,(H,7,8)/q-1/p+1/t1-,2+/m1/s1. The summed E-state index contributed by atoms with van der Waals surface area (Å²) in [6.07, 6.45) is -4.09. The van der Waals surface area contributed by atoms with Crippen molar-refractivity contribution in [1.82, 2.24) is 0 Å². The third kappa shape index (κ3) is 1.95. The molecule has 0 spiro atoms. The maximum Gasteiger partial charge on any atom is 1.00 e. The molecule has 0 radical (unpaired) electrons. The number of carbonyl (C=O) groups excluding carboxylic acids is 1. The van der Waals surface area contributed by atoms with Gasteiger partial charge in [-0.2, -0.15) is 0 Å². The number of hydrogen-bond acceptors (Lipinski definition) is 7. The monoisotopic (exact) mass is 194 g/mol. The Labute approximate surface area is 72.8 Å². The third-order valence-corrected chi connectivity index (χ3v) is 1.37. The molecule has 4 N–H and O–H groups in total. The maximum atomic E-state index is 10.7. The number of carboxylic acids is 1. The van der Waals surface area contributed by atoms with Crippen LogP contribution in [0.2, 0.25) is 0 Å². The molecule has 13 heavy (non-hydrogen) atoms. The zero-order valence-electron chi connectivity index (χ0n) is 7.15. The molecule has 0 aromatic heterocycles. The van der Waals surface area contributed by atoms with Gasteiger partial charge in [-0.1, -0.05) is 0 Å². The number of carbonyl (C=O) groups is 2. The molecule has 0 aromatic rings. The summed E-state index contributed by atoms with van der Waals surface area (Å²) in [6.45, 7) is -3.79. The third-order valence-electron chi connectivity index (χ3n) is 1.37. The highest BCUT2D eigenvalue weighted by Gasteiger charge is 2.47. The predicted octanol–water partition coefficient (Wildman–Crippen LogP) is -3.09. The van der Waals surface area contributed by atoms with Crippen molar-refractivity contribution < 1.29 is 40.6 Å². The maximum absolute atomic E-state index is 10.7. The average molecular weight is 194 g/mol. The van der Waals surface area contributed by atoms with Crippen molar-refractivity contribution in [3.63, 3.8) is 0 Å². The van der Waals surface area contributed by atoms with Crippen molar-refractivity contribution >= 4 is 18.9 Å². The molecule has 1 aliphatic heterocycles. The highest BCUT2D eigenvalue weighted by molar-refractivity contribution is 6.54. The number of rotatable bonds is 2. The molecule has 1 fully saturated rings. The van der Waals surface area contributed by atoms with Crippen molar-refractivity contribution in [1.29, 1.82) is 0 Å². The van der Waals surface area contributed by atoms with Gasteiger partial charge in [0.25, 0.3) is 5.97 Å². The number of hydrogen-bond donors (Lipinski definition) is 4. The molecule has 74 valence electrons. The molecular formula is C4H7BO8. The largest absolute Gasteiger partial charge is 1.00 e. The molecule has 1 aliphatic rings. The van der Waals surface area contributed by atoms with Gasteiger partial charge in [0.05, 0.1) is 0 Å². The second kappa shape index (κ2) is 2.96. The minimum absolute atomic E-state index is 0. The molecule has 2 atom stereocenters. The Bertz CT molecular complexity index is 254. The molecule has 0 amide bonds. The summed E-state index contributed by atoms with van der Waals surface area (Å²) in [4.78, 5) is 20.8. The van der Waals surface area contributed by atoms with E-state index in [1.54, 1.807) is 0 Å². The van der Waals surface area contributed by atoms with Gasteiger partial charge in [0, 0.05) is 0 Å². The first-order chi connectivity index (χ1) is 5.83. The fourth-order valence-electron chi connectivity index (χ4n) is 0.826. The van der Waals surface area contributed by atoms with Gasteiger partial charge in [-0.05, 0) is 0 Å². The van der Waals surface area contributed by atoms with Gasteiger partial charge in [0.1, 0.15) is 0 Å². The Morgan fingerprint density at radius 3 is 2.46 bits per heavy atom. The Kier molecular flexibility index (Phi) is 2.26. The summed E-state index contributed by atoms with van der Waals surface area (Å²) >= 11 is 0. The quantitative estimate of drug-likeness (QED) is 0.339. The van der Waals surface area contributed by atoms with Crippen molar-refractivity contribution in [2.45, 2.75) is 12.2 Å². The lowest BCUT2D eigenvalue weighted by atomic mass is 10.1. The van der Waals surface area contributed by atoms with Crippen LogP contribution in [0, 0.1) is 0 Å². The van der Waals surface area contributed by atoms with Crippen LogP contribution in [0.1, 0.15) is 1.43 Å². The van der Waals surface area contributed by atoms with Crippen LogP contribution in [0.3, 0.4) is 0 Å². The topological polar surface area (TPSA) is 134 Å². The van der Waals surface area contributed by atoms with Crippen LogP contribution in [-0.2, 0) is 18.9 Å². The molecule has 1 rings (SSSR count). The first-order valence-corrected chi connectivity index (χ1v) is 3.23. The van der Waals surface area contributed by atoms with E-state index in [4.69, 9.17) is 20.3 Å². The van der Waals surface area contributed by atoms with Crippen LogP contribution in [0.15, 0.2) is 0 Å². The van der Waals surface area contributed by atoms with Crippen molar-refractivity contribution in [2.75, 3.05) is 0 Å². The van der Waals surface area contributed by atoms with Gasteiger partial charge in [0.2, 0.25) is 0 Å². The minimum Gasteiger partial charge on any atom is -0.617 e. The lowest BCUT2D eigenvalue weighted by molar-refractivity contribution is -0.157. The smallest absolute Gasteiger partial charge is 0.617 e. The number of aliphatic hydroxyl groups excluding tert-OH is 1. The molecular weight excluding hydrogens is 187 g/mol. The van der Waals surface area contributed by atoms with Crippen LogP contribution in [0.25, 0.3) is 0 Å². The molecule has 1 saturated heterocycles. The second-order valence-electron chi connectivity index (χ2n) is 2.41. The fraction of sp³-hybridized carbons (Fsp3) is 0.500. The number of carboxylic acid groups (broad SMARTS) is 1.